The van der Waals surface area contributed by atoms with Crippen molar-refractivity contribution in [2.45, 2.75) is 27.7 Å². The van der Waals surface area contributed by atoms with Crippen molar-refractivity contribution in [1.82, 2.24) is 14.3 Å². The molecular weight excluding hydrogens is 340 g/mol. The molecule has 0 spiro atoms. The first kappa shape index (κ1) is 18.6. The van der Waals surface area contributed by atoms with Gasteiger partial charge in [0.25, 0.3) is 11.8 Å². The molecule has 27 heavy (non-hydrogen) atoms. The van der Waals surface area contributed by atoms with Gasteiger partial charge >= 0.3 is 0 Å². The lowest BCUT2D eigenvalue weighted by Gasteiger charge is -2.17. The Labute approximate surface area is 158 Å². The van der Waals surface area contributed by atoms with Gasteiger partial charge in [0.15, 0.2) is 5.69 Å². The van der Waals surface area contributed by atoms with Gasteiger partial charge in [-0.05, 0) is 51.0 Å². The van der Waals surface area contributed by atoms with Gasteiger partial charge in [-0.25, -0.2) is 4.98 Å². The maximum absolute atomic E-state index is 13.0. The van der Waals surface area contributed by atoms with Crippen molar-refractivity contribution in [3.63, 3.8) is 0 Å². The lowest BCUT2D eigenvalue weighted by atomic mass is 10.1. The first-order valence-electron chi connectivity index (χ1n) is 9.11. The normalized spacial score (nSPS) is 10.8. The molecule has 6 nitrogen and oxygen atoms in total. The Hall–Kier alpha value is -3.15. The zero-order chi connectivity index (χ0) is 19.6. The summed E-state index contributed by atoms with van der Waals surface area (Å²) in [5.41, 5.74) is 3.64. The molecule has 3 rings (SSSR count). The largest absolute Gasteiger partial charge is 0.338 e. The molecule has 0 aliphatic rings. The molecule has 0 aliphatic carbocycles. The zero-order valence-electron chi connectivity index (χ0n) is 16.1. The van der Waals surface area contributed by atoms with Gasteiger partial charge in [-0.2, -0.15) is 0 Å². The number of fused-ring (bicyclic) bond motifs is 1. The summed E-state index contributed by atoms with van der Waals surface area (Å²) in [6, 6.07) is 11.3. The molecule has 0 radical (unpaired) electrons. The number of anilines is 1. The summed E-state index contributed by atoms with van der Waals surface area (Å²) < 4.78 is 1.67. The molecule has 0 saturated heterocycles. The Balaban J connectivity index is 2.05. The number of pyridine rings is 1. The zero-order valence-corrected chi connectivity index (χ0v) is 16.1. The van der Waals surface area contributed by atoms with Crippen LogP contribution in [0.5, 0.6) is 0 Å². The van der Waals surface area contributed by atoms with Crippen LogP contribution in [0.2, 0.25) is 0 Å². The number of hydrogen-bond acceptors (Lipinski definition) is 3. The topological polar surface area (TPSA) is 66.7 Å². The number of aryl methyl sites for hydroxylation is 2. The second kappa shape index (κ2) is 7.61. The van der Waals surface area contributed by atoms with E-state index >= 15 is 0 Å². The molecule has 0 aliphatic heterocycles. The van der Waals surface area contributed by atoms with Gasteiger partial charge in [-0.1, -0.05) is 24.3 Å². The number of rotatable bonds is 5. The SMILES string of the molecule is CCN(CC)C(=O)c1nc(C(=O)Nc2c(C)cccc2C)n2ccccc12. The van der Waals surface area contributed by atoms with E-state index in [-0.39, 0.29) is 17.6 Å². The van der Waals surface area contributed by atoms with E-state index in [2.05, 4.69) is 10.3 Å². The predicted octanol–water partition coefficient (Wildman–Crippen LogP) is 3.69. The average Bonchev–Trinajstić information content (AvgIpc) is 3.05. The van der Waals surface area contributed by atoms with Gasteiger partial charge in [0.2, 0.25) is 5.82 Å². The number of carbonyl (C=O) groups excluding carboxylic acids is 2. The van der Waals surface area contributed by atoms with Gasteiger partial charge in [0.05, 0.1) is 5.52 Å². The molecule has 2 heterocycles. The summed E-state index contributed by atoms with van der Waals surface area (Å²) in [7, 11) is 0. The van der Waals surface area contributed by atoms with Gasteiger partial charge in [-0.15, -0.1) is 0 Å². The highest BCUT2D eigenvalue weighted by Gasteiger charge is 2.24. The van der Waals surface area contributed by atoms with E-state index in [1.165, 1.54) is 0 Å². The second-order valence-corrected chi connectivity index (χ2v) is 6.44. The van der Waals surface area contributed by atoms with Gasteiger partial charge in [-0.3, -0.25) is 14.0 Å². The van der Waals surface area contributed by atoms with Crippen molar-refractivity contribution in [2.75, 3.05) is 18.4 Å². The number of para-hydroxylation sites is 1. The molecule has 6 heteroatoms. The van der Waals surface area contributed by atoms with Crippen molar-refractivity contribution < 1.29 is 9.59 Å². The monoisotopic (exact) mass is 364 g/mol. The minimum absolute atomic E-state index is 0.171. The molecule has 1 aromatic carbocycles. The van der Waals surface area contributed by atoms with E-state index in [0.29, 0.717) is 24.3 Å². The van der Waals surface area contributed by atoms with Crippen LogP contribution in [0.1, 0.15) is 46.1 Å². The van der Waals surface area contributed by atoms with Gasteiger partial charge in [0.1, 0.15) is 0 Å². The summed E-state index contributed by atoms with van der Waals surface area (Å²) in [6.07, 6.45) is 1.75. The van der Waals surface area contributed by atoms with Crippen LogP contribution >= 0.6 is 0 Å². The van der Waals surface area contributed by atoms with Crippen molar-refractivity contribution in [3.8, 4) is 0 Å². The molecule has 0 atom stereocenters. The number of hydrogen-bond donors (Lipinski definition) is 1. The third-order valence-electron chi connectivity index (χ3n) is 4.72. The molecule has 1 N–H and O–H groups in total. The number of benzene rings is 1. The van der Waals surface area contributed by atoms with Crippen LogP contribution in [-0.2, 0) is 0 Å². The fraction of sp³-hybridized carbons (Fsp3) is 0.286. The van der Waals surface area contributed by atoms with E-state index < -0.39 is 0 Å². The average molecular weight is 364 g/mol. The summed E-state index contributed by atoms with van der Waals surface area (Å²) in [5, 5.41) is 2.95. The standard InChI is InChI=1S/C21H24N4O2/c1-5-24(6-2)21(27)18-16-12-7-8-13-25(16)19(22-18)20(26)23-17-14(3)10-9-11-15(17)4/h7-13H,5-6H2,1-4H3,(H,23,26). The summed E-state index contributed by atoms with van der Waals surface area (Å²) in [4.78, 5) is 31.9. The van der Waals surface area contributed by atoms with Crippen LogP contribution in [0.4, 0.5) is 5.69 Å². The highest BCUT2D eigenvalue weighted by atomic mass is 16.2. The lowest BCUT2D eigenvalue weighted by Crippen LogP contribution is -2.31. The van der Waals surface area contributed by atoms with Crippen LogP contribution in [0.3, 0.4) is 0 Å². The third kappa shape index (κ3) is 3.43. The number of carbonyl (C=O) groups is 2. The van der Waals surface area contributed by atoms with Crippen LogP contribution in [0.15, 0.2) is 42.6 Å². The number of nitrogens with zero attached hydrogens (tertiary/aromatic N) is 3. The van der Waals surface area contributed by atoms with Gasteiger partial charge < -0.3 is 10.2 Å². The summed E-state index contributed by atoms with van der Waals surface area (Å²) >= 11 is 0. The third-order valence-corrected chi connectivity index (χ3v) is 4.72. The van der Waals surface area contributed by atoms with Crippen LogP contribution in [0.25, 0.3) is 5.52 Å². The highest BCUT2D eigenvalue weighted by molar-refractivity contribution is 6.06. The first-order valence-corrected chi connectivity index (χ1v) is 9.11. The lowest BCUT2D eigenvalue weighted by molar-refractivity contribution is 0.0769. The van der Waals surface area contributed by atoms with E-state index in [9.17, 15) is 9.59 Å². The molecule has 0 fully saturated rings. The molecule has 0 bridgehead atoms. The minimum Gasteiger partial charge on any atom is -0.338 e. The summed E-state index contributed by atoms with van der Waals surface area (Å²) in [5.74, 6) is -0.314. The number of imidazole rings is 1. The molecule has 140 valence electrons. The van der Waals surface area contributed by atoms with Crippen molar-refractivity contribution in [3.05, 3.63) is 65.2 Å². The van der Waals surface area contributed by atoms with Crippen LogP contribution in [0, 0.1) is 13.8 Å². The fourth-order valence-corrected chi connectivity index (χ4v) is 3.20. The Morgan fingerprint density at radius 1 is 1.04 bits per heavy atom. The maximum atomic E-state index is 13.0. The van der Waals surface area contributed by atoms with Crippen molar-refractivity contribution in [1.29, 1.82) is 0 Å². The fourth-order valence-electron chi connectivity index (χ4n) is 3.20. The summed E-state index contributed by atoms with van der Waals surface area (Å²) in [6.45, 7) is 8.92. The van der Waals surface area contributed by atoms with Crippen molar-refractivity contribution in [2.24, 2.45) is 0 Å². The van der Waals surface area contributed by atoms with Crippen molar-refractivity contribution >= 4 is 23.0 Å². The Morgan fingerprint density at radius 3 is 2.33 bits per heavy atom. The number of aromatic nitrogens is 2. The van der Waals surface area contributed by atoms with E-state index in [4.69, 9.17) is 0 Å². The Kier molecular flexibility index (Phi) is 5.26. The molecule has 0 unspecified atom stereocenters. The Morgan fingerprint density at radius 2 is 1.70 bits per heavy atom. The molecule has 0 saturated carbocycles. The predicted molar refractivity (Wildman–Crippen MR) is 106 cm³/mol. The molecule has 2 amide bonds. The Bertz CT molecular complexity index is 982. The first-order chi connectivity index (χ1) is 13.0. The van der Waals surface area contributed by atoms with Crippen LogP contribution in [-0.4, -0.2) is 39.2 Å². The quantitative estimate of drug-likeness (QED) is 0.751. The van der Waals surface area contributed by atoms with E-state index in [1.807, 2.05) is 58.0 Å². The molecular formula is C21H24N4O2. The molecule has 2 aromatic heterocycles. The van der Waals surface area contributed by atoms with E-state index in [0.717, 1.165) is 16.8 Å². The van der Waals surface area contributed by atoms with Gasteiger partial charge in [0, 0.05) is 25.0 Å². The highest BCUT2D eigenvalue weighted by Crippen LogP contribution is 2.21. The van der Waals surface area contributed by atoms with Crippen LogP contribution < -0.4 is 5.32 Å². The molecule has 3 aromatic rings. The maximum Gasteiger partial charge on any atom is 0.292 e. The number of amides is 2. The number of nitrogens with one attached hydrogen (secondary N) is 1. The smallest absolute Gasteiger partial charge is 0.292 e. The van der Waals surface area contributed by atoms with E-state index in [1.54, 1.807) is 21.6 Å². The second-order valence-electron chi connectivity index (χ2n) is 6.44. The minimum atomic E-state index is -0.341.